The van der Waals surface area contributed by atoms with Gasteiger partial charge in [0.15, 0.2) is 5.78 Å². The van der Waals surface area contributed by atoms with Crippen LogP contribution in [0.4, 0.5) is 0 Å². The van der Waals surface area contributed by atoms with E-state index in [1.165, 1.54) is 25.7 Å². The highest BCUT2D eigenvalue weighted by Crippen LogP contribution is 2.22. The fourth-order valence-electron chi connectivity index (χ4n) is 2.35. The van der Waals surface area contributed by atoms with Crippen LogP contribution in [0, 0.1) is 0 Å². The van der Waals surface area contributed by atoms with E-state index in [2.05, 4.69) is 25.3 Å². The van der Waals surface area contributed by atoms with Crippen LogP contribution in [-0.4, -0.2) is 29.3 Å². The predicted octanol–water partition coefficient (Wildman–Crippen LogP) is 3.18. The van der Waals surface area contributed by atoms with Crippen LogP contribution in [0.25, 0.3) is 0 Å². The van der Waals surface area contributed by atoms with Crippen molar-refractivity contribution in [3.63, 3.8) is 0 Å². The molecule has 2 heteroatoms. The third-order valence-corrected chi connectivity index (χ3v) is 3.65. The molecule has 0 amide bonds. The molecule has 0 atom stereocenters. The summed E-state index contributed by atoms with van der Waals surface area (Å²) in [6, 6.07) is 0. The Labute approximate surface area is 99.7 Å². The minimum absolute atomic E-state index is 0.284. The lowest BCUT2D eigenvalue weighted by Gasteiger charge is -2.36. The van der Waals surface area contributed by atoms with Crippen LogP contribution >= 0.6 is 0 Å². The molecular weight excluding hydrogens is 198 g/mol. The van der Waals surface area contributed by atoms with Crippen molar-refractivity contribution in [2.45, 2.75) is 57.9 Å². The van der Waals surface area contributed by atoms with Crippen molar-refractivity contribution in [1.82, 2.24) is 4.90 Å². The zero-order chi connectivity index (χ0) is 12.0. The molecule has 2 nitrogen and oxygen atoms in total. The first-order valence-corrected chi connectivity index (χ1v) is 6.48. The molecular formula is C14H25NO. The lowest BCUT2D eigenvalue weighted by molar-refractivity contribution is -0.129. The van der Waals surface area contributed by atoms with Crippen molar-refractivity contribution in [3.05, 3.63) is 12.7 Å². The molecule has 1 saturated heterocycles. The van der Waals surface area contributed by atoms with E-state index in [4.69, 9.17) is 0 Å². The van der Waals surface area contributed by atoms with E-state index < -0.39 is 0 Å². The first-order valence-electron chi connectivity index (χ1n) is 6.48. The molecule has 0 aromatic rings. The molecule has 1 fully saturated rings. The van der Waals surface area contributed by atoms with Crippen LogP contribution in [0.3, 0.4) is 0 Å². The number of likely N-dealkylation sites (tertiary alicyclic amines) is 1. The second-order valence-electron chi connectivity index (χ2n) is 5.21. The third kappa shape index (κ3) is 3.44. The van der Waals surface area contributed by atoms with Gasteiger partial charge < -0.3 is 0 Å². The summed E-state index contributed by atoms with van der Waals surface area (Å²) in [5.74, 6) is 0.356. The van der Waals surface area contributed by atoms with Crippen molar-refractivity contribution in [1.29, 1.82) is 0 Å². The van der Waals surface area contributed by atoms with E-state index in [-0.39, 0.29) is 5.54 Å². The number of Topliss-reactive ketones (excluding diaryl/α,β-unsaturated/α-hetero) is 1. The number of hydrogen-bond acceptors (Lipinski definition) is 2. The summed E-state index contributed by atoms with van der Waals surface area (Å²) in [5, 5.41) is 0. The summed E-state index contributed by atoms with van der Waals surface area (Å²) in [4.78, 5) is 14.5. The summed E-state index contributed by atoms with van der Waals surface area (Å²) in [6.45, 7) is 9.98. The first-order chi connectivity index (χ1) is 7.59. The molecule has 0 N–H and O–H groups in total. The number of nitrogens with zero attached hydrogens (tertiary/aromatic N) is 1. The van der Waals surface area contributed by atoms with Crippen LogP contribution in [-0.2, 0) is 4.79 Å². The van der Waals surface area contributed by atoms with E-state index in [1.54, 1.807) is 0 Å². The van der Waals surface area contributed by atoms with E-state index in [9.17, 15) is 4.79 Å². The molecule has 0 bridgehead atoms. The predicted molar refractivity (Wildman–Crippen MR) is 68.6 cm³/mol. The van der Waals surface area contributed by atoms with Crippen molar-refractivity contribution in [2.24, 2.45) is 0 Å². The van der Waals surface area contributed by atoms with Gasteiger partial charge in [0.25, 0.3) is 0 Å². The Kier molecular flexibility index (Phi) is 5.20. The molecule has 1 aliphatic heterocycles. The highest BCUT2D eigenvalue weighted by atomic mass is 16.1. The first kappa shape index (κ1) is 13.4. The van der Waals surface area contributed by atoms with Crippen molar-refractivity contribution >= 4 is 5.78 Å². The molecule has 0 spiro atoms. The third-order valence-electron chi connectivity index (χ3n) is 3.65. The van der Waals surface area contributed by atoms with Crippen LogP contribution < -0.4 is 0 Å². The normalized spacial score (nSPS) is 19.1. The summed E-state index contributed by atoms with van der Waals surface area (Å²) < 4.78 is 0. The lowest BCUT2D eigenvalue weighted by atomic mass is 9.93. The Morgan fingerprint density at radius 2 is 1.81 bits per heavy atom. The van der Waals surface area contributed by atoms with Gasteiger partial charge in [-0.1, -0.05) is 18.9 Å². The number of rotatable bonds is 5. The fraction of sp³-hybridized carbons (Fsp3) is 0.786. The Hall–Kier alpha value is -0.630. The number of allylic oxidation sites excluding steroid dienone is 1. The van der Waals surface area contributed by atoms with E-state index >= 15 is 0 Å². The van der Waals surface area contributed by atoms with E-state index in [0.717, 1.165) is 19.5 Å². The summed E-state index contributed by atoms with van der Waals surface area (Å²) in [7, 11) is 0. The van der Waals surface area contributed by atoms with Gasteiger partial charge in [0.2, 0.25) is 0 Å². The zero-order valence-electron chi connectivity index (χ0n) is 10.8. The summed E-state index contributed by atoms with van der Waals surface area (Å²) in [6.07, 6.45) is 8.36. The van der Waals surface area contributed by atoms with Gasteiger partial charge in [0.05, 0.1) is 5.54 Å². The SMILES string of the molecule is C=CCCC(=O)C(C)(C)N1CCCCCC1. The Morgan fingerprint density at radius 1 is 1.25 bits per heavy atom. The second-order valence-corrected chi connectivity index (χ2v) is 5.21. The molecule has 1 rings (SSSR count). The summed E-state index contributed by atoms with van der Waals surface area (Å²) >= 11 is 0. The molecule has 0 aromatic heterocycles. The van der Waals surface area contributed by atoms with Crippen molar-refractivity contribution < 1.29 is 4.79 Å². The maximum atomic E-state index is 12.1. The Morgan fingerprint density at radius 3 is 2.31 bits per heavy atom. The second kappa shape index (κ2) is 6.19. The van der Waals surface area contributed by atoms with Crippen molar-refractivity contribution in [2.75, 3.05) is 13.1 Å². The summed E-state index contributed by atoms with van der Waals surface area (Å²) in [5.41, 5.74) is -0.284. The Bertz CT molecular complexity index is 237. The molecule has 1 heterocycles. The molecule has 92 valence electrons. The van der Waals surface area contributed by atoms with Gasteiger partial charge in [0, 0.05) is 6.42 Å². The number of hydrogen-bond donors (Lipinski definition) is 0. The average Bonchev–Trinajstić information content (AvgIpc) is 2.54. The maximum absolute atomic E-state index is 12.1. The van der Waals surface area contributed by atoms with E-state index in [0.29, 0.717) is 12.2 Å². The number of carbonyl (C=O) groups excluding carboxylic acids is 1. The highest BCUT2D eigenvalue weighted by molar-refractivity contribution is 5.87. The van der Waals surface area contributed by atoms with Gasteiger partial charge >= 0.3 is 0 Å². The van der Waals surface area contributed by atoms with Gasteiger partial charge in [-0.3, -0.25) is 9.69 Å². The molecule has 0 radical (unpaired) electrons. The van der Waals surface area contributed by atoms with E-state index in [1.807, 2.05) is 6.08 Å². The Balaban J connectivity index is 2.58. The topological polar surface area (TPSA) is 20.3 Å². The van der Waals surface area contributed by atoms with Gasteiger partial charge in [-0.2, -0.15) is 0 Å². The average molecular weight is 223 g/mol. The molecule has 0 aromatic carbocycles. The quantitative estimate of drug-likeness (QED) is 0.667. The molecule has 1 aliphatic rings. The zero-order valence-corrected chi connectivity index (χ0v) is 10.8. The minimum atomic E-state index is -0.284. The number of ketones is 1. The fourth-order valence-corrected chi connectivity index (χ4v) is 2.35. The number of carbonyl (C=O) groups is 1. The van der Waals surface area contributed by atoms with Crippen LogP contribution in [0.1, 0.15) is 52.4 Å². The van der Waals surface area contributed by atoms with Gasteiger partial charge in [-0.15, -0.1) is 6.58 Å². The molecule has 0 unspecified atom stereocenters. The lowest BCUT2D eigenvalue weighted by Crippen LogP contribution is -2.50. The highest BCUT2D eigenvalue weighted by Gasteiger charge is 2.33. The van der Waals surface area contributed by atoms with Crippen LogP contribution in [0.15, 0.2) is 12.7 Å². The van der Waals surface area contributed by atoms with Crippen LogP contribution in [0.5, 0.6) is 0 Å². The molecule has 16 heavy (non-hydrogen) atoms. The monoisotopic (exact) mass is 223 g/mol. The standard InChI is InChI=1S/C14H25NO/c1-4-5-10-13(16)14(2,3)15-11-8-6-7-9-12-15/h4H,1,5-12H2,2-3H3. The molecule has 0 saturated carbocycles. The largest absolute Gasteiger partial charge is 0.298 e. The van der Waals surface area contributed by atoms with Crippen LogP contribution in [0.2, 0.25) is 0 Å². The van der Waals surface area contributed by atoms with Crippen molar-refractivity contribution in [3.8, 4) is 0 Å². The minimum Gasteiger partial charge on any atom is -0.298 e. The smallest absolute Gasteiger partial charge is 0.152 e. The van der Waals surface area contributed by atoms with Gasteiger partial charge in [0.1, 0.15) is 0 Å². The molecule has 0 aliphatic carbocycles. The van der Waals surface area contributed by atoms with Gasteiger partial charge in [-0.05, 0) is 46.2 Å². The van der Waals surface area contributed by atoms with Gasteiger partial charge in [-0.25, -0.2) is 0 Å². The maximum Gasteiger partial charge on any atom is 0.152 e.